The maximum absolute atomic E-state index is 12.5. The van der Waals surface area contributed by atoms with Gasteiger partial charge in [-0.15, -0.1) is 0 Å². The summed E-state index contributed by atoms with van der Waals surface area (Å²) >= 11 is 4.87. The highest BCUT2D eigenvalue weighted by Crippen LogP contribution is 2.22. The molecule has 1 unspecified atom stereocenters. The maximum atomic E-state index is 12.5. The first kappa shape index (κ1) is 14.9. The molecule has 1 fully saturated rings. The summed E-state index contributed by atoms with van der Waals surface area (Å²) in [6.45, 7) is 7.04. The first-order valence-corrected chi connectivity index (χ1v) is 6.92. The van der Waals surface area contributed by atoms with Crippen LogP contribution in [0.4, 0.5) is 0 Å². The topological polar surface area (TPSA) is 68.5 Å². The molecule has 0 saturated carbocycles. The third kappa shape index (κ3) is 3.32. The van der Waals surface area contributed by atoms with E-state index in [0.717, 1.165) is 0 Å². The van der Waals surface area contributed by atoms with Crippen molar-refractivity contribution in [2.24, 2.45) is 5.73 Å². The van der Waals surface area contributed by atoms with E-state index in [0.29, 0.717) is 24.3 Å². The Morgan fingerprint density at radius 1 is 1.55 bits per heavy atom. The Balaban J connectivity index is 2.16. The zero-order valence-corrected chi connectivity index (χ0v) is 12.7. The molecule has 1 amide bonds. The van der Waals surface area contributed by atoms with Crippen LogP contribution >= 0.6 is 12.2 Å². The summed E-state index contributed by atoms with van der Waals surface area (Å²) < 4.78 is 5.79. The second-order valence-electron chi connectivity index (χ2n) is 5.67. The molecule has 2 heterocycles. The van der Waals surface area contributed by atoms with Crippen molar-refractivity contribution in [1.29, 1.82) is 0 Å². The molecule has 5 nitrogen and oxygen atoms in total. The van der Waals surface area contributed by atoms with Crippen LogP contribution in [0.25, 0.3) is 0 Å². The molecule has 0 spiro atoms. The fourth-order valence-electron chi connectivity index (χ4n) is 2.44. The number of ether oxygens (including phenoxy) is 1. The maximum Gasteiger partial charge on any atom is 0.272 e. The Morgan fingerprint density at radius 2 is 2.25 bits per heavy atom. The van der Waals surface area contributed by atoms with Gasteiger partial charge in [0, 0.05) is 24.8 Å². The van der Waals surface area contributed by atoms with E-state index in [1.165, 1.54) is 6.20 Å². The largest absolute Gasteiger partial charge is 0.389 e. The van der Waals surface area contributed by atoms with Crippen LogP contribution in [0, 0.1) is 0 Å². The number of carbonyl (C=O) groups is 1. The number of morpholine rings is 1. The van der Waals surface area contributed by atoms with Gasteiger partial charge < -0.3 is 15.4 Å². The van der Waals surface area contributed by atoms with Gasteiger partial charge in [0.2, 0.25) is 0 Å². The van der Waals surface area contributed by atoms with E-state index in [9.17, 15) is 4.79 Å². The Hall–Kier alpha value is -1.53. The third-order valence-corrected chi connectivity index (χ3v) is 3.36. The van der Waals surface area contributed by atoms with E-state index in [-0.39, 0.29) is 22.6 Å². The van der Waals surface area contributed by atoms with Crippen molar-refractivity contribution in [2.75, 3.05) is 13.1 Å². The van der Waals surface area contributed by atoms with Gasteiger partial charge in [0.05, 0.1) is 11.7 Å². The third-order valence-electron chi connectivity index (χ3n) is 3.12. The number of thiocarbonyl (C=S) groups is 1. The number of hydrogen-bond donors (Lipinski definition) is 1. The van der Waals surface area contributed by atoms with E-state index < -0.39 is 0 Å². The van der Waals surface area contributed by atoms with Gasteiger partial charge >= 0.3 is 0 Å². The minimum absolute atomic E-state index is 0.0126. The van der Waals surface area contributed by atoms with Gasteiger partial charge in [-0.25, -0.2) is 0 Å². The van der Waals surface area contributed by atoms with Crippen molar-refractivity contribution in [3.8, 4) is 0 Å². The summed E-state index contributed by atoms with van der Waals surface area (Å²) in [7, 11) is 0. The molecular weight excluding hydrogens is 274 g/mol. The summed E-state index contributed by atoms with van der Waals surface area (Å²) in [4.78, 5) is 18.7. The molecule has 1 aliphatic heterocycles. The number of amides is 1. The van der Waals surface area contributed by atoms with Crippen LogP contribution < -0.4 is 5.73 Å². The highest BCUT2D eigenvalue weighted by molar-refractivity contribution is 7.80. The normalized spacial score (nSPS) is 21.6. The SMILES string of the molecule is CC1CN(C(=O)c2ccc(C(N)=S)cn2)CC(C)(C)O1. The molecule has 0 radical (unpaired) electrons. The monoisotopic (exact) mass is 293 g/mol. The molecule has 2 rings (SSSR count). The second-order valence-corrected chi connectivity index (χ2v) is 6.11. The van der Waals surface area contributed by atoms with E-state index >= 15 is 0 Å². The van der Waals surface area contributed by atoms with Gasteiger partial charge in [0.1, 0.15) is 10.7 Å². The summed E-state index contributed by atoms with van der Waals surface area (Å²) in [6, 6.07) is 3.38. The average Bonchev–Trinajstić information content (AvgIpc) is 2.35. The lowest BCUT2D eigenvalue weighted by Crippen LogP contribution is -2.53. The fourth-order valence-corrected chi connectivity index (χ4v) is 2.56. The number of carbonyl (C=O) groups excluding carboxylic acids is 1. The Kier molecular flexibility index (Phi) is 4.06. The zero-order valence-electron chi connectivity index (χ0n) is 11.9. The lowest BCUT2D eigenvalue weighted by Gasteiger charge is -2.41. The molecule has 1 aliphatic rings. The van der Waals surface area contributed by atoms with Crippen LogP contribution in [-0.4, -0.2) is 45.6 Å². The molecule has 1 aromatic heterocycles. The quantitative estimate of drug-likeness (QED) is 0.834. The van der Waals surface area contributed by atoms with Gasteiger partial charge in [-0.2, -0.15) is 0 Å². The van der Waals surface area contributed by atoms with Crippen molar-refractivity contribution in [3.63, 3.8) is 0 Å². The van der Waals surface area contributed by atoms with Gasteiger partial charge in [0.25, 0.3) is 5.91 Å². The first-order chi connectivity index (χ1) is 9.28. The Morgan fingerprint density at radius 3 is 2.75 bits per heavy atom. The minimum atomic E-state index is -0.341. The molecule has 0 bridgehead atoms. The summed E-state index contributed by atoms with van der Waals surface area (Å²) in [5.74, 6) is -0.0947. The molecular formula is C14H19N3O2S. The van der Waals surface area contributed by atoms with E-state index in [4.69, 9.17) is 22.7 Å². The Labute approximate surface area is 124 Å². The highest BCUT2D eigenvalue weighted by atomic mass is 32.1. The molecule has 6 heteroatoms. The minimum Gasteiger partial charge on any atom is -0.389 e. The summed E-state index contributed by atoms with van der Waals surface area (Å²) in [6.07, 6.45) is 1.54. The van der Waals surface area contributed by atoms with Crippen molar-refractivity contribution < 1.29 is 9.53 Å². The Bertz CT molecular complexity index is 528. The number of pyridine rings is 1. The van der Waals surface area contributed by atoms with Gasteiger partial charge in [0.15, 0.2) is 0 Å². The number of hydrogen-bond acceptors (Lipinski definition) is 4. The van der Waals surface area contributed by atoms with Crippen LogP contribution in [0.1, 0.15) is 36.8 Å². The number of nitrogens with two attached hydrogens (primary N) is 1. The molecule has 20 heavy (non-hydrogen) atoms. The first-order valence-electron chi connectivity index (χ1n) is 6.51. The van der Waals surface area contributed by atoms with Crippen LogP contribution in [-0.2, 0) is 4.74 Å². The van der Waals surface area contributed by atoms with E-state index in [2.05, 4.69) is 4.98 Å². The average molecular weight is 293 g/mol. The van der Waals surface area contributed by atoms with Gasteiger partial charge in [-0.1, -0.05) is 12.2 Å². The van der Waals surface area contributed by atoms with Crippen LogP contribution in [0.15, 0.2) is 18.3 Å². The van der Waals surface area contributed by atoms with E-state index in [1.54, 1.807) is 17.0 Å². The lowest BCUT2D eigenvalue weighted by molar-refractivity contribution is -0.118. The van der Waals surface area contributed by atoms with Crippen LogP contribution in [0.5, 0.6) is 0 Å². The standard InChI is InChI=1S/C14H19N3O2S/c1-9-7-17(8-14(2,3)19-9)13(18)11-5-4-10(6-16-11)12(15)20/h4-6,9H,7-8H2,1-3H3,(H2,15,20). The zero-order chi connectivity index (χ0) is 14.9. The molecule has 0 aliphatic carbocycles. The van der Waals surface area contributed by atoms with Crippen LogP contribution in [0.3, 0.4) is 0 Å². The second kappa shape index (κ2) is 5.46. The molecule has 0 aromatic carbocycles. The van der Waals surface area contributed by atoms with Crippen LogP contribution in [0.2, 0.25) is 0 Å². The number of nitrogens with zero attached hydrogens (tertiary/aromatic N) is 2. The molecule has 108 valence electrons. The molecule has 1 saturated heterocycles. The molecule has 1 atom stereocenters. The molecule has 2 N–H and O–H groups in total. The lowest BCUT2D eigenvalue weighted by atomic mass is 10.1. The predicted octanol–water partition coefficient (Wildman–Crippen LogP) is 1.36. The molecule has 1 aromatic rings. The smallest absolute Gasteiger partial charge is 0.272 e. The fraction of sp³-hybridized carbons (Fsp3) is 0.500. The van der Waals surface area contributed by atoms with Crippen molar-refractivity contribution in [1.82, 2.24) is 9.88 Å². The summed E-state index contributed by atoms with van der Waals surface area (Å²) in [5.41, 5.74) is 6.23. The predicted molar refractivity (Wildman–Crippen MR) is 80.7 cm³/mol. The number of aromatic nitrogens is 1. The highest BCUT2D eigenvalue weighted by Gasteiger charge is 2.34. The van der Waals surface area contributed by atoms with Gasteiger partial charge in [-0.05, 0) is 32.9 Å². The van der Waals surface area contributed by atoms with Crippen molar-refractivity contribution >= 4 is 23.1 Å². The van der Waals surface area contributed by atoms with E-state index in [1.807, 2.05) is 20.8 Å². The van der Waals surface area contributed by atoms with Gasteiger partial charge in [-0.3, -0.25) is 9.78 Å². The summed E-state index contributed by atoms with van der Waals surface area (Å²) in [5, 5.41) is 0. The number of rotatable bonds is 2. The van der Waals surface area contributed by atoms with Crippen molar-refractivity contribution in [3.05, 3.63) is 29.6 Å². The van der Waals surface area contributed by atoms with Crippen molar-refractivity contribution in [2.45, 2.75) is 32.5 Å².